The predicted octanol–water partition coefficient (Wildman–Crippen LogP) is 2.97. The maximum Gasteiger partial charge on any atom is 0.0906 e. The summed E-state index contributed by atoms with van der Waals surface area (Å²) in [6, 6.07) is 6.59. The molecule has 0 spiro atoms. The molecule has 3 rings (SSSR count). The van der Waals surface area contributed by atoms with Crippen LogP contribution >= 0.6 is 0 Å². The van der Waals surface area contributed by atoms with E-state index in [0.29, 0.717) is 0 Å². The molecule has 2 heterocycles. The topological polar surface area (TPSA) is 27.6 Å². The highest BCUT2D eigenvalue weighted by atomic mass is 15.3. The van der Waals surface area contributed by atoms with Crippen LogP contribution in [0.15, 0.2) is 47.7 Å². The third-order valence-electron chi connectivity index (χ3n) is 3.70. The number of benzene rings is 1. The summed E-state index contributed by atoms with van der Waals surface area (Å²) >= 11 is 0. The zero-order chi connectivity index (χ0) is 13.2. The van der Waals surface area contributed by atoms with Gasteiger partial charge in [-0.2, -0.15) is 5.10 Å². The largest absolute Gasteiger partial charge is 0.371 e. The first-order valence-corrected chi connectivity index (χ1v) is 6.81. The number of nitrogens with one attached hydrogen (secondary N) is 1. The minimum atomic E-state index is 0.828. The number of aryl methyl sites for hydroxylation is 1. The Morgan fingerprint density at radius 1 is 1.21 bits per heavy atom. The minimum absolute atomic E-state index is 0.828. The van der Waals surface area contributed by atoms with Crippen LogP contribution in [0.1, 0.15) is 24.0 Å². The number of hydrazone groups is 1. The normalized spacial score (nSPS) is 18.5. The van der Waals surface area contributed by atoms with Crippen molar-refractivity contribution >= 4 is 11.4 Å². The minimum Gasteiger partial charge on any atom is -0.371 e. The smallest absolute Gasteiger partial charge is 0.0906 e. The Bertz CT molecular complexity index is 563. The molecule has 0 radical (unpaired) electrons. The summed E-state index contributed by atoms with van der Waals surface area (Å²) < 4.78 is 0. The van der Waals surface area contributed by atoms with Gasteiger partial charge in [-0.05, 0) is 49.6 Å². The van der Waals surface area contributed by atoms with Crippen LogP contribution in [0, 0.1) is 6.92 Å². The van der Waals surface area contributed by atoms with Gasteiger partial charge >= 0.3 is 0 Å². The van der Waals surface area contributed by atoms with Crippen LogP contribution in [-0.2, 0) is 0 Å². The molecule has 1 N–H and O–H groups in total. The van der Waals surface area contributed by atoms with Crippen molar-refractivity contribution in [3.63, 3.8) is 0 Å². The first kappa shape index (κ1) is 12.0. The van der Waals surface area contributed by atoms with E-state index in [9.17, 15) is 0 Å². The van der Waals surface area contributed by atoms with E-state index in [1.54, 1.807) is 0 Å². The van der Waals surface area contributed by atoms with E-state index < -0.39 is 0 Å². The van der Waals surface area contributed by atoms with E-state index >= 15 is 0 Å². The first-order valence-electron chi connectivity index (χ1n) is 6.81. The van der Waals surface area contributed by atoms with Crippen molar-refractivity contribution in [3.8, 4) is 0 Å². The number of rotatable bonds is 2. The van der Waals surface area contributed by atoms with Crippen molar-refractivity contribution in [2.45, 2.75) is 19.8 Å². The molecule has 98 valence electrons. The molecule has 0 bridgehead atoms. The van der Waals surface area contributed by atoms with Gasteiger partial charge in [0.05, 0.1) is 5.71 Å². The van der Waals surface area contributed by atoms with Gasteiger partial charge in [0.2, 0.25) is 0 Å². The summed E-state index contributed by atoms with van der Waals surface area (Å²) in [6.45, 7) is 8.36. The summed E-state index contributed by atoms with van der Waals surface area (Å²) in [5, 5.41) is 4.32. The van der Waals surface area contributed by atoms with Crippen LogP contribution in [-0.4, -0.2) is 18.8 Å². The molecule has 1 aromatic carbocycles. The van der Waals surface area contributed by atoms with Gasteiger partial charge in [-0.3, -0.25) is 5.43 Å². The Labute approximate surface area is 114 Å². The molecule has 1 aromatic rings. The Morgan fingerprint density at radius 2 is 2.00 bits per heavy atom. The van der Waals surface area contributed by atoms with Crippen LogP contribution < -0.4 is 10.3 Å². The maximum atomic E-state index is 4.32. The van der Waals surface area contributed by atoms with Crippen LogP contribution in [0.2, 0.25) is 0 Å². The Hall–Kier alpha value is -2.03. The van der Waals surface area contributed by atoms with E-state index in [1.807, 2.05) is 12.2 Å². The van der Waals surface area contributed by atoms with Gasteiger partial charge in [-0.25, -0.2) is 0 Å². The second-order valence-electron chi connectivity index (χ2n) is 5.16. The summed E-state index contributed by atoms with van der Waals surface area (Å²) in [4.78, 5) is 2.47. The fourth-order valence-electron chi connectivity index (χ4n) is 2.67. The predicted molar refractivity (Wildman–Crippen MR) is 80.6 cm³/mol. The lowest BCUT2D eigenvalue weighted by Gasteiger charge is -2.21. The second-order valence-corrected chi connectivity index (χ2v) is 5.16. The first-order chi connectivity index (χ1) is 9.24. The van der Waals surface area contributed by atoms with Gasteiger partial charge in [0.15, 0.2) is 0 Å². The number of anilines is 1. The van der Waals surface area contributed by atoms with Crippen molar-refractivity contribution in [1.29, 1.82) is 0 Å². The van der Waals surface area contributed by atoms with Gasteiger partial charge < -0.3 is 4.90 Å². The summed E-state index contributed by atoms with van der Waals surface area (Å²) in [7, 11) is 0. The molecule has 3 nitrogen and oxygen atoms in total. The number of hydrogen-bond acceptors (Lipinski definition) is 3. The molecule has 19 heavy (non-hydrogen) atoms. The molecule has 0 unspecified atom stereocenters. The zero-order valence-corrected chi connectivity index (χ0v) is 11.3. The molecule has 0 aromatic heterocycles. The summed E-state index contributed by atoms with van der Waals surface area (Å²) in [5.41, 5.74) is 8.53. The lowest BCUT2D eigenvalue weighted by atomic mass is 10.0. The molecule has 0 amide bonds. The Kier molecular flexibility index (Phi) is 3.11. The van der Waals surface area contributed by atoms with Crippen LogP contribution in [0.3, 0.4) is 0 Å². The van der Waals surface area contributed by atoms with Crippen molar-refractivity contribution in [1.82, 2.24) is 5.43 Å². The van der Waals surface area contributed by atoms with Gasteiger partial charge in [0, 0.05) is 30.0 Å². The Balaban J connectivity index is 1.87. The SMILES string of the molecule is C=C1C=CC(c2ccc(N3CCCC3)c(C)c2)=NN1. The van der Waals surface area contributed by atoms with Gasteiger partial charge in [-0.15, -0.1) is 0 Å². The lowest BCUT2D eigenvalue weighted by Crippen LogP contribution is -2.19. The molecular weight excluding hydrogens is 234 g/mol. The van der Waals surface area contributed by atoms with Crippen molar-refractivity contribution in [2.24, 2.45) is 5.10 Å². The quantitative estimate of drug-likeness (QED) is 0.877. The lowest BCUT2D eigenvalue weighted by molar-refractivity contribution is 0.914. The molecule has 0 aliphatic carbocycles. The van der Waals surface area contributed by atoms with Crippen LogP contribution in [0.5, 0.6) is 0 Å². The molecule has 0 atom stereocenters. The second kappa shape index (κ2) is 4.92. The molecule has 1 fully saturated rings. The third kappa shape index (κ3) is 2.41. The molecule has 2 aliphatic rings. The highest BCUT2D eigenvalue weighted by Gasteiger charge is 2.15. The average molecular weight is 253 g/mol. The summed E-state index contributed by atoms with van der Waals surface area (Å²) in [5.74, 6) is 0. The monoisotopic (exact) mass is 253 g/mol. The number of hydrogen-bond donors (Lipinski definition) is 1. The van der Waals surface area contributed by atoms with Crippen molar-refractivity contribution in [3.05, 3.63) is 53.8 Å². The standard InChI is InChI=1S/C16H19N3/c1-12-11-14(15-7-5-13(2)17-18-15)6-8-16(12)19-9-3-4-10-19/h5-8,11,17H,2-4,9-10H2,1H3. The maximum absolute atomic E-state index is 4.32. The van der Waals surface area contributed by atoms with Crippen molar-refractivity contribution < 1.29 is 0 Å². The Morgan fingerprint density at radius 3 is 2.63 bits per heavy atom. The van der Waals surface area contributed by atoms with E-state index in [0.717, 1.165) is 17.0 Å². The van der Waals surface area contributed by atoms with Gasteiger partial charge in [-0.1, -0.05) is 12.6 Å². The van der Waals surface area contributed by atoms with E-state index in [1.165, 1.54) is 37.2 Å². The molecular formula is C16H19N3. The van der Waals surface area contributed by atoms with Crippen LogP contribution in [0.4, 0.5) is 5.69 Å². The number of nitrogens with zero attached hydrogens (tertiary/aromatic N) is 2. The highest BCUT2D eigenvalue weighted by Crippen LogP contribution is 2.25. The average Bonchev–Trinajstić information content (AvgIpc) is 2.93. The van der Waals surface area contributed by atoms with E-state index in [4.69, 9.17) is 0 Å². The molecule has 0 saturated carbocycles. The summed E-state index contributed by atoms with van der Waals surface area (Å²) in [6.07, 6.45) is 6.57. The van der Waals surface area contributed by atoms with E-state index in [-0.39, 0.29) is 0 Å². The van der Waals surface area contributed by atoms with E-state index in [2.05, 4.69) is 47.1 Å². The highest BCUT2D eigenvalue weighted by molar-refractivity contribution is 6.09. The molecule has 3 heteroatoms. The molecule has 1 saturated heterocycles. The third-order valence-corrected chi connectivity index (χ3v) is 3.70. The van der Waals surface area contributed by atoms with Crippen molar-refractivity contribution in [2.75, 3.05) is 18.0 Å². The fourth-order valence-corrected chi connectivity index (χ4v) is 2.67. The molecule has 2 aliphatic heterocycles. The van der Waals surface area contributed by atoms with Gasteiger partial charge in [0.25, 0.3) is 0 Å². The zero-order valence-electron chi connectivity index (χ0n) is 11.3. The number of allylic oxidation sites excluding steroid dienone is 2. The fraction of sp³-hybridized carbons (Fsp3) is 0.312. The van der Waals surface area contributed by atoms with Crippen LogP contribution in [0.25, 0.3) is 0 Å². The van der Waals surface area contributed by atoms with Gasteiger partial charge in [0.1, 0.15) is 0 Å².